The number of ether oxygens (including phenoxy) is 1. The molecular weight excluding hydrogens is 208 g/mol. The number of aliphatic hydroxyl groups excluding tert-OH is 1. The van der Waals surface area contributed by atoms with Crippen LogP contribution in [0.2, 0.25) is 0 Å². The highest BCUT2D eigenvalue weighted by Gasteiger charge is 2.42. The first-order valence-corrected chi connectivity index (χ1v) is 7.18. The zero-order chi connectivity index (χ0) is 10.9. The second-order valence-electron chi connectivity index (χ2n) is 5.19. The third kappa shape index (κ3) is 2.51. The van der Waals surface area contributed by atoms with Crippen molar-refractivity contribution in [1.82, 2.24) is 0 Å². The molecule has 0 radical (unpaired) electrons. The first-order valence-electron chi connectivity index (χ1n) is 6.03. The van der Waals surface area contributed by atoms with Gasteiger partial charge in [-0.3, -0.25) is 0 Å². The molecule has 0 aromatic heterocycles. The van der Waals surface area contributed by atoms with E-state index in [1.165, 1.54) is 12.2 Å². The Bertz CT molecular complexity index is 212. The van der Waals surface area contributed by atoms with Crippen LogP contribution in [0.3, 0.4) is 0 Å². The lowest BCUT2D eigenvalue weighted by Crippen LogP contribution is -2.42. The first-order chi connectivity index (χ1) is 7.13. The molecule has 88 valence electrons. The third-order valence-electron chi connectivity index (χ3n) is 4.10. The van der Waals surface area contributed by atoms with Crippen LogP contribution < -0.4 is 0 Å². The van der Waals surface area contributed by atoms with E-state index in [9.17, 15) is 5.11 Å². The number of thioether (sulfide) groups is 1. The van der Waals surface area contributed by atoms with E-state index in [1.807, 2.05) is 18.7 Å². The van der Waals surface area contributed by atoms with Gasteiger partial charge in [0.15, 0.2) is 0 Å². The molecular formula is C12H22O2S. The van der Waals surface area contributed by atoms with E-state index >= 15 is 0 Å². The molecule has 1 spiro atoms. The number of aliphatic hydroxyl groups is 1. The Kier molecular flexibility index (Phi) is 3.63. The Hall–Kier alpha value is 0.270. The predicted molar refractivity (Wildman–Crippen MR) is 64.2 cm³/mol. The van der Waals surface area contributed by atoms with Gasteiger partial charge in [0.25, 0.3) is 0 Å². The summed E-state index contributed by atoms with van der Waals surface area (Å²) in [5.74, 6) is 3.47. The van der Waals surface area contributed by atoms with E-state index < -0.39 is 0 Å². The largest absolute Gasteiger partial charge is 0.393 e. The molecule has 0 bridgehead atoms. The quantitative estimate of drug-likeness (QED) is 0.789. The van der Waals surface area contributed by atoms with Crippen molar-refractivity contribution in [3.05, 3.63) is 0 Å². The van der Waals surface area contributed by atoms with Gasteiger partial charge in [-0.2, -0.15) is 11.8 Å². The highest BCUT2D eigenvalue weighted by Crippen LogP contribution is 2.42. The molecule has 0 aromatic rings. The monoisotopic (exact) mass is 230 g/mol. The SMILES string of the molecule is CC(O)C(C)C1CCOC2(CCSC2)C1. The second kappa shape index (κ2) is 4.64. The van der Waals surface area contributed by atoms with E-state index in [-0.39, 0.29) is 11.7 Å². The van der Waals surface area contributed by atoms with Crippen LogP contribution in [-0.2, 0) is 4.74 Å². The summed E-state index contributed by atoms with van der Waals surface area (Å²) in [6.07, 6.45) is 3.31. The van der Waals surface area contributed by atoms with Crippen LogP contribution in [0.4, 0.5) is 0 Å². The highest BCUT2D eigenvalue weighted by atomic mass is 32.2. The fraction of sp³-hybridized carbons (Fsp3) is 1.00. The molecule has 3 heteroatoms. The minimum Gasteiger partial charge on any atom is -0.393 e. The number of hydrogen-bond acceptors (Lipinski definition) is 3. The molecule has 0 saturated carbocycles. The van der Waals surface area contributed by atoms with Gasteiger partial charge in [-0.15, -0.1) is 0 Å². The standard InChI is InChI=1S/C12H22O2S/c1-9(10(2)13)11-3-5-14-12(7-11)4-6-15-8-12/h9-11,13H,3-8H2,1-2H3. The maximum Gasteiger partial charge on any atom is 0.0783 e. The maximum atomic E-state index is 9.66. The van der Waals surface area contributed by atoms with Gasteiger partial charge >= 0.3 is 0 Å². The zero-order valence-corrected chi connectivity index (χ0v) is 10.6. The van der Waals surface area contributed by atoms with Gasteiger partial charge in [-0.1, -0.05) is 6.92 Å². The summed E-state index contributed by atoms with van der Waals surface area (Å²) in [4.78, 5) is 0. The molecule has 0 amide bonds. The van der Waals surface area contributed by atoms with Crippen LogP contribution >= 0.6 is 11.8 Å². The molecule has 2 heterocycles. The molecule has 2 fully saturated rings. The molecule has 0 aromatic carbocycles. The molecule has 15 heavy (non-hydrogen) atoms. The average molecular weight is 230 g/mol. The van der Waals surface area contributed by atoms with Crippen molar-refractivity contribution in [2.24, 2.45) is 11.8 Å². The van der Waals surface area contributed by atoms with Crippen molar-refractivity contribution in [1.29, 1.82) is 0 Å². The Morgan fingerprint density at radius 3 is 2.87 bits per heavy atom. The van der Waals surface area contributed by atoms with Gasteiger partial charge in [0.2, 0.25) is 0 Å². The normalized spacial score (nSPS) is 40.6. The van der Waals surface area contributed by atoms with E-state index in [2.05, 4.69) is 6.92 Å². The van der Waals surface area contributed by atoms with Gasteiger partial charge in [0, 0.05) is 12.4 Å². The van der Waals surface area contributed by atoms with Crippen LogP contribution in [0.5, 0.6) is 0 Å². The molecule has 0 aliphatic carbocycles. The fourth-order valence-corrected chi connectivity index (χ4v) is 4.15. The summed E-state index contributed by atoms with van der Waals surface area (Å²) in [5.41, 5.74) is 0.163. The summed E-state index contributed by atoms with van der Waals surface area (Å²) in [6, 6.07) is 0. The van der Waals surface area contributed by atoms with E-state index in [4.69, 9.17) is 4.74 Å². The second-order valence-corrected chi connectivity index (χ2v) is 6.29. The molecule has 2 saturated heterocycles. The third-order valence-corrected chi connectivity index (χ3v) is 5.33. The summed E-state index contributed by atoms with van der Waals surface area (Å²) in [6.45, 7) is 4.98. The van der Waals surface area contributed by atoms with Gasteiger partial charge in [-0.25, -0.2) is 0 Å². The lowest BCUT2D eigenvalue weighted by atomic mass is 9.77. The Balaban J connectivity index is 1.97. The summed E-state index contributed by atoms with van der Waals surface area (Å²) in [5, 5.41) is 9.66. The molecule has 1 N–H and O–H groups in total. The zero-order valence-electron chi connectivity index (χ0n) is 9.74. The smallest absolute Gasteiger partial charge is 0.0783 e. The molecule has 2 rings (SSSR count). The minimum atomic E-state index is -0.181. The van der Waals surface area contributed by atoms with Crippen molar-refractivity contribution in [2.75, 3.05) is 18.1 Å². The predicted octanol–water partition coefficient (Wildman–Crippen LogP) is 2.31. The molecule has 4 unspecified atom stereocenters. The maximum absolute atomic E-state index is 9.66. The van der Waals surface area contributed by atoms with Crippen LogP contribution in [0.15, 0.2) is 0 Å². The van der Waals surface area contributed by atoms with Crippen LogP contribution in [-0.4, -0.2) is 34.9 Å². The summed E-state index contributed by atoms with van der Waals surface area (Å²) in [7, 11) is 0. The first kappa shape index (κ1) is 11.7. The topological polar surface area (TPSA) is 29.5 Å². The van der Waals surface area contributed by atoms with Crippen LogP contribution in [0.25, 0.3) is 0 Å². The summed E-state index contributed by atoms with van der Waals surface area (Å²) >= 11 is 2.01. The van der Waals surface area contributed by atoms with Crippen molar-refractivity contribution < 1.29 is 9.84 Å². The Labute approximate surface area is 96.8 Å². The average Bonchev–Trinajstić information content (AvgIpc) is 2.65. The minimum absolute atomic E-state index is 0.163. The van der Waals surface area contributed by atoms with E-state index in [1.54, 1.807) is 0 Å². The molecule has 4 atom stereocenters. The number of hydrogen-bond donors (Lipinski definition) is 1. The van der Waals surface area contributed by atoms with E-state index in [0.29, 0.717) is 11.8 Å². The highest BCUT2D eigenvalue weighted by molar-refractivity contribution is 7.99. The van der Waals surface area contributed by atoms with Gasteiger partial charge < -0.3 is 9.84 Å². The molecule has 2 aliphatic rings. The fourth-order valence-electron chi connectivity index (χ4n) is 2.77. The summed E-state index contributed by atoms with van der Waals surface area (Å²) < 4.78 is 5.98. The lowest BCUT2D eigenvalue weighted by Gasteiger charge is -2.40. The van der Waals surface area contributed by atoms with Gasteiger partial charge in [-0.05, 0) is 43.8 Å². The molecule has 2 nitrogen and oxygen atoms in total. The molecule has 2 aliphatic heterocycles. The van der Waals surface area contributed by atoms with Crippen LogP contribution in [0, 0.1) is 11.8 Å². The van der Waals surface area contributed by atoms with Crippen molar-refractivity contribution in [3.8, 4) is 0 Å². The van der Waals surface area contributed by atoms with Gasteiger partial charge in [0.05, 0.1) is 11.7 Å². The van der Waals surface area contributed by atoms with Gasteiger partial charge in [0.1, 0.15) is 0 Å². The van der Waals surface area contributed by atoms with Crippen LogP contribution in [0.1, 0.15) is 33.1 Å². The van der Waals surface area contributed by atoms with E-state index in [0.717, 1.165) is 25.2 Å². The number of rotatable bonds is 2. The van der Waals surface area contributed by atoms with Crippen molar-refractivity contribution in [2.45, 2.75) is 44.8 Å². The Morgan fingerprint density at radius 1 is 1.47 bits per heavy atom. The Morgan fingerprint density at radius 2 is 2.27 bits per heavy atom. The van der Waals surface area contributed by atoms with Crippen molar-refractivity contribution in [3.63, 3.8) is 0 Å². The lowest BCUT2D eigenvalue weighted by molar-refractivity contribution is -0.0962. The van der Waals surface area contributed by atoms with Crippen molar-refractivity contribution >= 4 is 11.8 Å².